The molecular formula is C20H23N5O5. The molecule has 0 bridgehead atoms. The van der Waals surface area contributed by atoms with Gasteiger partial charge >= 0.3 is 11.7 Å². The number of hydrogen-bond acceptors (Lipinski definition) is 9. The first-order valence-electron chi connectivity index (χ1n) is 9.37. The first-order valence-corrected chi connectivity index (χ1v) is 9.37. The summed E-state index contributed by atoms with van der Waals surface area (Å²) in [5.41, 5.74) is 9.65. The quantitative estimate of drug-likeness (QED) is 0.428. The summed E-state index contributed by atoms with van der Waals surface area (Å²) in [6, 6.07) is 11.5. The van der Waals surface area contributed by atoms with Crippen LogP contribution in [0.15, 0.2) is 47.4 Å². The van der Waals surface area contributed by atoms with E-state index in [4.69, 9.17) is 16.2 Å². The molecule has 0 aliphatic heterocycles. The molecule has 1 aromatic heterocycles. The number of anilines is 1. The van der Waals surface area contributed by atoms with Crippen molar-refractivity contribution >= 4 is 11.8 Å². The number of aromatic nitrogens is 2. The second-order valence-corrected chi connectivity index (χ2v) is 7.37. The summed E-state index contributed by atoms with van der Waals surface area (Å²) in [6.45, 7) is -0.264. The van der Waals surface area contributed by atoms with Gasteiger partial charge in [0.25, 0.3) is 0 Å². The average molecular weight is 413 g/mol. The van der Waals surface area contributed by atoms with E-state index < -0.39 is 41.4 Å². The third-order valence-corrected chi connectivity index (χ3v) is 5.36. The van der Waals surface area contributed by atoms with Crippen molar-refractivity contribution in [2.45, 2.75) is 36.6 Å². The van der Waals surface area contributed by atoms with Crippen molar-refractivity contribution in [3.63, 3.8) is 0 Å². The van der Waals surface area contributed by atoms with Gasteiger partial charge in [0.05, 0.1) is 18.8 Å². The normalized spacial score (nSPS) is 26.7. The molecular weight excluding hydrogens is 390 g/mol. The number of nitrogens with two attached hydrogens (primary N) is 2. The first-order chi connectivity index (χ1) is 14.3. The number of aliphatic hydroxyl groups excluding tert-OH is 2. The van der Waals surface area contributed by atoms with E-state index in [0.717, 1.165) is 10.1 Å². The van der Waals surface area contributed by atoms with Crippen LogP contribution in [0.5, 0.6) is 0 Å². The minimum atomic E-state index is -1.76. The summed E-state index contributed by atoms with van der Waals surface area (Å²) in [4.78, 5) is 28.0. The minimum absolute atomic E-state index is 0.0322. The predicted molar refractivity (Wildman–Crippen MR) is 106 cm³/mol. The van der Waals surface area contributed by atoms with Crippen molar-refractivity contribution < 1.29 is 19.7 Å². The Labute approximate surface area is 172 Å². The van der Waals surface area contributed by atoms with Gasteiger partial charge in [-0.2, -0.15) is 10.2 Å². The molecule has 158 valence electrons. The molecule has 6 N–H and O–H groups in total. The van der Waals surface area contributed by atoms with E-state index >= 15 is 0 Å². The summed E-state index contributed by atoms with van der Waals surface area (Å²) < 4.78 is 6.18. The Kier molecular flexibility index (Phi) is 6.17. The summed E-state index contributed by atoms with van der Waals surface area (Å²) >= 11 is 0. The number of carbonyl (C=O) groups excluding carboxylic acids is 1. The molecule has 1 heterocycles. The molecule has 1 saturated carbocycles. The highest BCUT2D eigenvalue weighted by atomic mass is 16.5. The number of nitrogens with zero attached hydrogens (tertiary/aromatic N) is 3. The zero-order valence-corrected chi connectivity index (χ0v) is 16.1. The van der Waals surface area contributed by atoms with Crippen LogP contribution in [0.25, 0.3) is 0 Å². The number of carbonyl (C=O) groups is 1. The van der Waals surface area contributed by atoms with Crippen LogP contribution in [0.3, 0.4) is 0 Å². The van der Waals surface area contributed by atoms with E-state index in [1.165, 1.54) is 12.3 Å². The monoisotopic (exact) mass is 413 g/mol. The number of ether oxygens (including phenoxy) is 1. The number of hydrogen-bond donors (Lipinski definition) is 4. The fourth-order valence-electron chi connectivity index (χ4n) is 3.71. The van der Waals surface area contributed by atoms with Gasteiger partial charge in [0.1, 0.15) is 18.0 Å². The predicted octanol–water partition coefficient (Wildman–Crippen LogP) is -1.10. The zero-order valence-electron chi connectivity index (χ0n) is 16.1. The maximum absolute atomic E-state index is 12.2. The first kappa shape index (κ1) is 21.4. The lowest BCUT2D eigenvalue weighted by atomic mass is 9.95. The van der Waals surface area contributed by atoms with Gasteiger partial charge in [-0.3, -0.25) is 9.36 Å². The summed E-state index contributed by atoms with van der Waals surface area (Å²) in [6.07, 6.45) is -1.59. The number of benzene rings is 1. The Morgan fingerprint density at radius 3 is 2.70 bits per heavy atom. The molecule has 0 radical (unpaired) electrons. The van der Waals surface area contributed by atoms with Crippen molar-refractivity contribution in [2.24, 2.45) is 11.7 Å². The molecule has 0 saturated heterocycles. The number of nitrogen functional groups attached to an aromatic ring is 1. The minimum Gasteiger partial charge on any atom is -0.464 e. The number of aliphatic hydroxyl groups is 2. The highest BCUT2D eigenvalue weighted by Gasteiger charge is 2.55. The van der Waals surface area contributed by atoms with Gasteiger partial charge in [-0.05, 0) is 24.5 Å². The second-order valence-electron chi connectivity index (χ2n) is 7.37. The van der Waals surface area contributed by atoms with Crippen LogP contribution in [-0.4, -0.2) is 50.6 Å². The highest BCUT2D eigenvalue weighted by Crippen LogP contribution is 2.40. The fraction of sp³-hybridized carbons (Fsp3) is 0.400. The van der Waals surface area contributed by atoms with Crippen LogP contribution in [0.2, 0.25) is 0 Å². The lowest BCUT2D eigenvalue weighted by molar-refractivity contribution is -0.147. The Morgan fingerprint density at radius 2 is 2.07 bits per heavy atom. The molecule has 10 heteroatoms. The largest absolute Gasteiger partial charge is 0.464 e. The highest BCUT2D eigenvalue weighted by molar-refractivity contribution is 5.75. The number of esters is 1. The topological polar surface area (TPSA) is 177 Å². The SMILES string of the molecule is N#C[C@@]1(n2ccc(N)nc2=O)C[C@H](COC(=O)[C@@H](N)Cc2ccccc2)C(O)C1O. The molecule has 30 heavy (non-hydrogen) atoms. The molecule has 10 nitrogen and oxygen atoms in total. The van der Waals surface area contributed by atoms with E-state index in [0.29, 0.717) is 0 Å². The van der Waals surface area contributed by atoms with Crippen LogP contribution in [0.4, 0.5) is 5.82 Å². The smallest absolute Gasteiger partial charge is 0.350 e. The summed E-state index contributed by atoms with van der Waals surface area (Å²) in [7, 11) is 0. The molecule has 2 unspecified atom stereocenters. The van der Waals surface area contributed by atoms with E-state index in [9.17, 15) is 25.1 Å². The van der Waals surface area contributed by atoms with E-state index in [1.807, 2.05) is 36.4 Å². The van der Waals surface area contributed by atoms with E-state index in [1.54, 1.807) is 0 Å². The number of rotatable bonds is 6. The summed E-state index contributed by atoms with van der Waals surface area (Å²) in [5.74, 6) is -1.48. The summed E-state index contributed by atoms with van der Waals surface area (Å²) in [5, 5.41) is 30.7. The molecule has 0 spiro atoms. The van der Waals surface area contributed by atoms with Gasteiger partial charge in [0.2, 0.25) is 0 Å². The molecule has 1 fully saturated rings. The van der Waals surface area contributed by atoms with Crippen molar-refractivity contribution in [1.29, 1.82) is 5.26 Å². The lowest BCUT2D eigenvalue weighted by Gasteiger charge is -2.27. The molecule has 1 aliphatic rings. The standard InChI is InChI=1S/C20H23N5O5/c21-11-20(25-7-6-15(23)24-19(25)29)9-13(16(26)17(20)27)10-30-18(28)14(22)8-12-4-2-1-3-5-12/h1-7,13-14,16-17,26-27H,8-10,22H2,(H2,23,24,29)/t13-,14+,16?,17?,20+/m1/s1. The average Bonchev–Trinajstić information content (AvgIpc) is 2.98. The maximum Gasteiger partial charge on any atom is 0.350 e. The maximum atomic E-state index is 12.2. The second kappa shape index (κ2) is 8.62. The molecule has 2 aromatic rings. The van der Waals surface area contributed by atoms with Crippen LogP contribution in [0, 0.1) is 17.2 Å². The van der Waals surface area contributed by atoms with Gasteiger partial charge in [0, 0.05) is 12.1 Å². The van der Waals surface area contributed by atoms with Crippen LogP contribution in [-0.2, 0) is 21.5 Å². The van der Waals surface area contributed by atoms with Crippen molar-refractivity contribution in [1.82, 2.24) is 9.55 Å². The third kappa shape index (κ3) is 4.04. The zero-order chi connectivity index (χ0) is 21.9. The molecule has 1 aliphatic carbocycles. The van der Waals surface area contributed by atoms with Gasteiger partial charge < -0.3 is 26.4 Å². The Morgan fingerprint density at radius 1 is 1.37 bits per heavy atom. The van der Waals surface area contributed by atoms with E-state index in [2.05, 4.69) is 4.98 Å². The lowest BCUT2D eigenvalue weighted by Crippen LogP contribution is -2.48. The number of nitriles is 1. The molecule has 0 amide bonds. The van der Waals surface area contributed by atoms with Gasteiger partial charge in [-0.25, -0.2) is 4.79 Å². The molecule has 1 aromatic carbocycles. The Bertz CT molecular complexity index is 1000. The van der Waals surface area contributed by atoms with Gasteiger partial charge in [-0.1, -0.05) is 30.3 Å². The van der Waals surface area contributed by atoms with Crippen molar-refractivity contribution in [2.75, 3.05) is 12.3 Å². The van der Waals surface area contributed by atoms with Crippen molar-refractivity contribution in [3.05, 3.63) is 58.6 Å². The van der Waals surface area contributed by atoms with Gasteiger partial charge in [-0.15, -0.1) is 0 Å². The van der Waals surface area contributed by atoms with Crippen LogP contribution in [0.1, 0.15) is 12.0 Å². The molecule has 3 rings (SSSR count). The van der Waals surface area contributed by atoms with E-state index in [-0.39, 0.29) is 25.3 Å². The molecule has 5 atom stereocenters. The van der Waals surface area contributed by atoms with Crippen LogP contribution >= 0.6 is 0 Å². The van der Waals surface area contributed by atoms with Crippen LogP contribution < -0.4 is 17.2 Å². The fourth-order valence-corrected chi connectivity index (χ4v) is 3.71. The Hall–Kier alpha value is -3.26. The van der Waals surface area contributed by atoms with Crippen molar-refractivity contribution in [3.8, 4) is 6.07 Å². The third-order valence-electron chi connectivity index (χ3n) is 5.36. The Balaban J connectivity index is 1.69. The van der Waals surface area contributed by atoms with Gasteiger partial charge in [0.15, 0.2) is 5.54 Å².